The van der Waals surface area contributed by atoms with Crippen molar-refractivity contribution in [3.63, 3.8) is 0 Å². The Morgan fingerprint density at radius 2 is 1.60 bits per heavy atom. The van der Waals surface area contributed by atoms with Crippen molar-refractivity contribution in [1.82, 2.24) is 0 Å². The fourth-order valence-corrected chi connectivity index (χ4v) is 3.27. The second kappa shape index (κ2) is 9.26. The molecule has 0 N–H and O–H groups in total. The molecule has 0 rings (SSSR count). The number of esters is 1. The van der Waals surface area contributed by atoms with E-state index in [1.165, 1.54) is 0 Å². The first-order valence-electron chi connectivity index (χ1n) is 6.73. The highest BCUT2D eigenvalue weighted by Crippen LogP contribution is 2.65. The highest BCUT2D eigenvalue weighted by atomic mass is 35.5. The summed E-state index contributed by atoms with van der Waals surface area (Å²) in [6.07, 6.45) is 1.38. The number of carbonyl (C=O) groups is 1. The Labute approximate surface area is 130 Å². The van der Waals surface area contributed by atoms with Crippen molar-refractivity contribution < 1.29 is 23.1 Å². The molecule has 0 spiro atoms. The van der Waals surface area contributed by atoms with Gasteiger partial charge in [-0.1, -0.05) is 44.0 Å². The number of rotatable bonds is 10. The predicted molar refractivity (Wildman–Crippen MR) is 80.4 cm³/mol. The van der Waals surface area contributed by atoms with Gasteiger partial charge in [0, 0.05) is 0 Å². The van der Waals surface area contributed by atoms with E-state index in [2.05, 4.69) is 0 Å². The van der Waals surface area contributed by atoms with Gasteiger partial charge in [0.1, 0.15) is 0 Å². The Morgan fingerprint density at radius 1 is 1.15 bits per heavy atom. The number of hydrogen-bond donors (Lipinski definition) is 0. The van der Waals surface area contributed by atoms with Crippen LogP contribution in [0.4, 0.5) is 0 Å². The maximum Gasteiger partial charge on any atom is 0.378 e. The highest BCUT2D eigenvalue weighted by Gasteiger charge is 2.56. The van der Waals surface area contributed by atoms with E-state index >= 15 is 0 Å². The van der Waals surface area contributed by atoms with E-state index in [-0.39, 0.29) is 19.3 Å². The fourth-order valence-electron chi connectivity index (χ4n) is 1.07. The molecule has 5 nitrogen and oxygen atoms in total. The van der Waals surface area contributed by atoms with E-state index in [1.54, 1.807) is 6.92 Å². The van der Waals surface area contributed by atoms with Gasteiger partial charge in [0.25, 0.3) is 0 Å². The zero-order valence-corrected chi connectivity index (χ0v) is 14.8. The lowest BCUT2D eigenvalue weighted by atomic mass is 10.3. The summed E-state index contributed by atoms with van der Waals surface area (Å²) in [7, 11) is -4.02. The molecule has 0 radical (unpaired) electrons. The molecule has 1 unspecified atom stereocenters. The fraction of sp³-hybridized carbons (Fsp3) is 0.917. The molecular weight excluding hydrogens is 326 g/mol. The Kier molecular flexibility index (Phi) is 9.36. The van der Waals surface area contributed by atoms with Crippen LogP contribution in [0.1, 0.15) is 47.0 Å². The minimum absolute atomic E-state index is 0.124. The second-order valence-electron chi connectivity index (χ2n) is 4.33. The maximum absolute atomic E-state index is 12.7. The number of carbonyl (C=O) groups excluding carboxylic acids is 1. The molecule has 0 aliphatic heterocycles. The van der Waals surface area contributed by atoms with Gasteiger partial charge in [-0.25, -0.2) is 4.79 Å². The average Bonchev–Trinajstić information content (AvgIpc) is 2.42. The largest absolute Gasteiger partial charge is 0.460 e. The summed E-state index contributed by atoms with van der Waals surface area (Å²) in [5.74, 6) is -1.01. The van der Waals surface area contributed by atoms with Crippen molar-refractivity contribution in [3.8, 4) is 0 Å². The zero-order chi connectivity index (χ0) is 15.8. The van der Waals surface area contributed by atoms with E-state index < -0.39 is 17.6 Å². The standard InChI is InChI=1S/C12H23Cl2O5P/c1-5-8-17-20(16,18-9-6-2)12(13,14)11(15)19-10(4)7-3/h10H,5-9H2,1-4H3. The monoisotopic (exact) mass is 348 g/mol. The van der Waals surface area contributed by atoms with Gasteiger partial charge in [-0.2, -0.15) is 0 Å². The Hall–Kier alpha value is 0.200. The van der Waals surface area contributed by atoms with Gasteiger partial charge in [-0.15, -0.1) is 0 Å². The van der Waals surface area contributed by atoms with Crippen LogP contribution in [0.25, 0.3) is 0 Å². The van der Waals surface area contributed by atoms with Gasteiger partial charge in [0.05, 0.1) is 19.3 Å². The molecule has 0 saturated heterocycles. The Bertz CT molecular complexity index is 337. The summed E-state index contributed by atoms with van der Waals surface area (Å²) >= 11 is 11.9. The molecule has 0 aromatic heterocycles. The summed E-state index contributed by atoms with van der Waals surface area (Å²) in [4.78, 5) is 12.0. The summed E-state index contributed by atoms with van der Waals surface area (Å²) in [5.41, 5.74) is 0. The molecule has 120 valence electrons. The van der Waals surface area contributed by atoms with E-state index in [0.717, 1.165) is 0 Å². The lowest BCUT2D eigenvalue weighted by Crippen LogP contribution is -2.33. The number of halogens is 2. The van der Waals surface area contributed by atoms with Crippen molar-refractivity contribution >= 4 is 36.8 Å². The van der Waals surface area contributed by atoms with Gasteiger partial charge in [-0.3, -0.25) is 4.57 Å². The molecule has 8 heteroatoms. The van der Waals surface area contributed by atoms with E-state index in [9.17, 15) is 9.36 Å². The third-order valence-electron chi connectivity index (χ3n) is 2.40. The van der Waals surface area contributed by atoms with Gasteiger partial charge in [0.15, 0.2) is 0 Å². The van der Waals surface area contributed by atoms with Crippen molar-refractivity contribution in [1.29, 1.82) is 0 Å². The molecule has 0 aliphatic carbocycles. The van der Waals surface area contributed by atoms with Crippen LogP contribution >= 0.6 is 30.8 Å². The lowest BCUT2D eigenvalue weighted by molar-refractivity contribution is -0.147. The number of hydrogen-bond acceptors (Lipinski definition) is 5. The predicted octanol–water partition coefficient (Wildman–Crippen LogP) is 4.51. The SMILES string of the molecule is CCCOP(=O)(OCCC)C(Cl)(Cl)C(=O)OC(C)CC. The molecule has 0 heterocycles. The zero-order valence-electron chi connectivity index (χ0n) is 12.4. The van der Waals surface area contributed by atoms with Gasteiger partial charge in [0.2, 0.25) is 0 Å². The van der Waals surface area contributed by atoms with Crippen LogP contribution < -0.4 is 0 Å². The summed E-state index contributed by atoms with van der Waals surface area (Å²) < 4.78 is 25.6. The molecule has 0 aliphatic rings. The Morgan fingerprint density at radius 3 is 1.95 bits per heavy atom. The smallest absolute Gasteiger partial charge is 0.378 e. The quantitative estimate of drug-likeness (QED) is 0.330. The minimum atomic E-state index is -4.02. The third-order valence-corrected chi connectivity index (χ3v) is 5.87. The van der Waals surface area contributed by atoms with Gasteiger partial charge >= 0.3 is 17.6 Å². The number of ether oxygens (including phenoxy) is 1. The molecular formula is C12H23Cl2O5P. The molecule has 20 heavy (non-hydrogen) atoms. The Balaban J connectivity index is 5.09. The van der Waals surface area contributed by atoms with Crippen molar-refractivity contribution in [2.45, 2.75) is 57.1 Å². The van der Waals surface area contributed by atoms with Crippen LogP contribution in [0.5, 0.6) is 0 Å². The second-order valence-corrected chi connectivity index (χ2v) is 8.37. The normalized spacial score (nSPS) is 14.1. The van der Waals surface area contributed by atoms with Gasteiger partial charge in [-0.05, 0) is 26.2 Å². The minimum Gasteiger partial charge on any atom is -0.460 e. The van der Waals surface area contributed by atoms with Crippen LogP contribution in [0.15, 0.2) is 0 Å². The average molecular weight is 349 g/mol. The van der Waals surface area contributed by atoms with Crippen molar-refractivity contribution in [2.24, 2.45) is 0 Å². The molecule has 0 amide bonds. The van der Waals surface area contributed by atoms with Crippen LogP contribution in [0.2, 0.25) is 0 Å². The molecule has 0 saturated carbocycles. The first kappa shape index (κ1) is 20.2. The molecule has 0 aromatic rings. The maximum atomic E-state index is 12.7. The summed E-state index contributed by atoms with van der Waals surface area (Å²) in [6.45, 7) is 7.42. The lowest BCUT2D eigenvalue weighted by Gasteiger charge is -2.28. The van der Waals surface area contributed by atoms with E-state index in [4.69, 9.17) is 37.0 Å². The van der Waals surface area contributed by atoms with Crippen LogP contribution in [-0.2, 0) is 23.1 Å². The number of alkyl halides is 2. The molecule has 0 fully saturated rings. The molecule has 1 atom stereocenters. The summed E-state index contributed by atoms with van der Waals surface area (Å²) in [5, 5.41) is 0. The van der Waals surface area contributed by atoms with Crippen molar-refractivity contribution in [3.05, 3.63) is 0 Å². The van der Waals surface area contributed by atoms with Crippen LogP contribution in [0.3, 0.4) is 0 Å². The van der Waals surface area contributed by atoms with Crippen LogP contribution in [-0.4, -0.2) is 29.4 Å². The third kappa shape index (κ3) is 5.53. The van der Waals surface area contributed by atoms with E-state index in [0.29, 0.717) is 19.3 Å². The topological polar surface area (TPSA) is 61.8 Å². The highest BCUT2D eigenvalue weighted by molar-refractivity contribution is 7.61. The van der Waals surface area contributed by atoms with E-state index in [1.807, 2.05) is 20.8 Å². The first-order valence-corrected chi connectivity index (χ1v) is 9.03. The summed E-state index contributed by atoms with van der Waals surface area (Å²) in [6, 6.07) is 0. The van der Waals surface area contributed by atoms with Gasteiger partial charge < -0.3 is 13.8 Å². The molecule has 0 bridgehead atoms. The van der Waals surface area contributed by atoms with Crippen LogP contribution in [0, 0.1) is 0 Å². The van der Waals surface area contributed by atoms with Crippen molar-refractivity contribution in [2.75, 3.05) is 13.2 Å². The first-order chi connectivity index (χ1) is 9.25. The molecule has 0 aromatic carbocycles.